The molecule has 1 N–H and O–H groups in total. The number of carbonyl (C=O) groups excluding carboxylic acids is 1. The zero-order chi connectivity index (χ0) is 18.8. The number of sulfonamides is 1. The van der Waals surface area contributed by atoms with E-state index in [1.165, 1.54) is 0 Å². The number of benzene rings is 1. The van der Waals surface area contributed by atoms with E-state index in [-0.39, 0.29) is 10.8 Å². The third kappa shape index (κ3) is 4.27. The van der Waals surface area contributed by atoms with Crippen molar-refractivity contribution >= 4 is 22.0 Å². The van der Waals surface area contributed by atoms with Gasteiger partial charge in [-0.15, -0.1) is 6.42 Å². The summed E-state index contributed by atoms with van der Waals surface area (Å²) in [5, 5.41) is 6.96. The molecule has 1 aromatic rings. The fraction of sp³-hybridized carbons (Fsp3) is 0.375. The van der Waals surface area contributed by atoms with Crippen LogP contribution in [0.4, 0.5) is 13.2 Å². The van der Waals surface area contributed by atoms with Crippen LogP contribution >= 0.6 is 0 Å². The largest absolute Gasteiger partial charge is 0.416 e. The van der Waals surface area contributed by atoms with E-state index in [2.05, 4.69) is 5.92 Å². The van der Waals surface area contributed by atoms with Gasteiger partial charge in [-0.3, -0.25) is 4.79 Å². The van der Waals surface area contributed by atoms with Crippen molar-refractivity contribution in [1.82, 2.24) is 4.31 Å². The normalized spacial score (nSPS) is 16.3. The van der Waals surface area contributed by atoms with Gasteiger partial charge in [0.15, 0.2) is 5.78 Å². The van der Waals surface area contributed by atoms with Crippen LogP contribution in [0.25, 0.3) is 0 Å². The Balaban J connectivity index is 2.41. The van der Waals surface area contributed by atoms with E-state index in [4.69, 9.17) is 11.8 Å². The van der Waals surface area contributed by atoms with Gasteiger partial charge in [0.05, 0.1) is 29.3 Å². The first-order valence-corrected chi connectivity index (χ1v) is 8.74. The zero-order valence-electron chi connectivity index (χ0n) is 13.0. The summed E-state index contributed by atoms with van der Waals surface area (Å²) in [5.74, 6) is 1.47. The Morgan fingerprint density at radius 2 is 1.92 bits per heavy atom. The van der Waals surface area contributed by atoms with Crippen LogP contribution in [-0.2, 0) is 21.0 Å². The van der Waals surface area contributed by atoms with Crippen LogP contribution in [0.1, 0.15) is 18.4 Å². The minimum atomic E-state index is -4.59. The number of nitrogens with zero attached hydrogens (tertiary/aromatic N) is 1. The van der Waals surface area contributed by atoms with Crippen molar-refractivity contribution in [3.05, 3.63) is 29.8 Å². The maximum Gasteiger partial charge on any atom is 0.416 e. The standard InChI is InChI=1S/C16H15F3N2O3S/c1-2-15(11-3-4-11)21(10-13(22)9-20)25(23,24)14-7-5-12(6-8-14)16(17,18)19/h1,5-9,11,15,20H,3-4,10H2. The van der Waals surface area contributed by atoms with E-state index in [1.54, 1.807) is 0 Å². The van der Waals surface area contributed by atoms with Crippen molar-refractivity contribution in [2.45, 2.75) is 30.0 Å². The van der Waals surface area contributed by atoms with Gasteiger partial charge in [-0.2, -0.15) is 17.5 Å². The highest BCUT2D eigenvalue weighted by Gasteiger charge is 2.41. The van der Waals surface area contributed by atoms with Gasteiger partial charge in [-0.05, 0) is 43.0 Å². The van der Waals surface area contributed by atoms with E-state index in [0.717, 1.165) is 16.4 Å². The summed E-state index contributed by atoms with van der Waals surface area (Å²) in [5.41, 5.74) is -0.982. The van der Waals surface area contributed by atoms with Crippen LogP contribution in [0, 0.1) is 23.7 Å². The topological polar surface area (TPSA) is 78.3 Å². The Morgan fingerprint density at radius 1 is 1.36 bits per heavy atom. The number of hydrogen-bond donors (Lipinski definition) is 1. The van der Waals surface area contributed by atoms with E-state index in [0.29, 0.717) is 31.2 Å². The third-order valence-electron chi connectivity index (χ3n) is 3.81. The molecule has 0 amide bonds. The smallest absolute Gasteiger partial charge is 0.305 e. The van der Waals surface area contributed by atoms with Crippen LogP contribution in [-0.4, -0.2) is 37.3 Å². The molecule has 0 saturated heterocycles. The summed E-state index contributed by atoms with van der Waals surface area (Å²) in [4.78, 5) is 11.2. The molecule has 0 aliphatic heterocycles. The van der Waals surface area contributed by atoms with Gasteiger partial charge in [-0.25, -0.2) is 8.42 Å². The van der Waals surface area contributed by atoms with Crippen molar-refractivity contribution in [2.24, 2.45) is 5.92 Å². The zero-order valence-corrected chi connectivity index (χ0v) is 13.8. The predicted molar refractivity (Wildman–Crippen MR) is 84.5 cm³/mol. The number of Topliss-reactive ketones (excluding diaryl/α,β-unsaturated/α-hetero) is 1. The number of nitrogens with one attached hydrogen (secondary N) is 1. The number of carbonyl (C=O) groups is 1. The Hall–Kier alpha value is -2.18. The number of ketones is 1. The summed E-state index contributed by atoms with van der Waals surface area (Å²) in [6.45, 7) is -0.627. The van der Waals surface area contributed by atoms with E-state index < -0.39 is 40.1 Å². The van der Waals surface area contributed by atoms with Gasteiger partial charge >= 0.3 is 6.18 Å². The lowest BCUT2D eigenvalue weighted by atomic mass is 10.2. The minimum Gasteiger partial charge on any atom is -0.305 e. The van der Waals surface area contributed by atoms with Gasteiger partial charge < -0.3 is 5.41 Å². The first-order valence-electron chi connectivity index (χ1n) is 7.29. The van der Waals surface area contributed by atoms with E-state index in [1.807, 2.05) is 0 Å². The van der Waals surface area contributed by atoms with Crippen molar-refractivity contribution in [1.29, 1.82) is 5.41 Å². The monoisotopic (exact) mass is 372 g/mol. The van der Waals surface area contributed by atoms with Gasteiger partial charge in [0, 0.05) is 0 Å². The van der Waals surface area contributed by atoms with Crippen LogP contribution in [0.5, 0.6) is 0 Å². The minimum absolute atomic E-state index is 0.104. The molecule has 0 heterocycles. The van der Waals surface area contributed by atoms with Gasteiger partial charge in [0.1, 0.15) is 0 Å². The number of halogens is 3. The molecule has 0 bridgehead atoms. The van der Waals surface area contributed by atoms with Crippen molar-refractivity contribution in [3.8, 4) is 12.3 Å². The maximum atomic E-state index is 12.8. The molecule has 1 aromatic carbocycles. The van der Waals surface area contributed by atoms with Crippen LogP contribution in [0.2, 0.25) is 0 Å². The lowest BCUT2D eigenvalue weighted by molar-refractivity contribution is -0.137. The molecule has 0 radical (unpaired) electrons. The van der Waals surface area contributed by atoms with Gasteiger partial charge in [-0.1, -0.05) is 5.92 Å². The molecule has 0 spiro atoms. The molecule has 1 unspecified atom stereocenters. The average Bonchev–Trinajstić information content (AvgIpc) is 3.38. The van der Waals surface area contributed by atoms with Crippen molar-refractivity contribution < 1.29 is 26.4 Å². The number of alkyl halides is 3. The van der Waals surface area contributed by atoms with Gasteiger partial charge in [0.25, 0.3) is 0 Å². The molecule has 25 heavy (non-hydrogen) atoms. The van der Waals surface area contributed by atoms with Crippen molar-refractivity contribution in [3.63, 3.8) is 0 Å². The quantitative estimate of drug-likeness (QED) is 0.589. The Bertz CT molecular complexity index is 807. The molecule has 2 rings (SSSR count). The molecule has 1 fully saturated rings. The molecule has 5 nitrogen and oxygen atoms in total. The van der Waals surface area contributed by atoms with Crippen LogP contribution in [0.3, 0.4) is 0 Å². The highest BCUT2D eigenvalue weighted by Crippen LogP contribution is 2.37. The molecule has 1 aliphatic rings. The Kier molecular flexibility index (Phi) is 5.34. The molecular formula is C16H15F3N2O3S. The second kappa shape index (κ2) is 6.98. The van der Waals surface area contributed by atoms with Crippen LogP contribution in [0.15, 0.2) is 29.2 Å². The maximum absolute atomic E-state index is 12.8. The second-order valence-corrected chi connectivity index (χ2v) is 7.52. The molecule has 1 atom stereocenters. The second-order valence-electron chi connectivity index (χ2n) is 5.63. The molecule has 1 aliphatic carbocycles. The fourth-order valence-corrected chi connectivity index (χ4v) is 3.93. The first kappa shape index (κ1) is 19.1. The average molecular weight is 372 g/mol. The number of rotatable bonds is 7. The highest BCUT2D eigenvalue weighted by atomic mass is 32.2. The summed E-state index contributed by atoms with van der Waals surface area (Å²) in [6.07, 6.45) is 2.71. The molecule has 0 aromatic heterocycles. The SMILES string of the molecule is C#CC(C1CC1)N(CC(=O)C=N)S(=O)(=O)c1ccc(C(F)(F)F)cc1. The van der Waals surface area contributed by atoms with Crippen LogP contribution < -0.4 is 0 Å². The third-order valence-corrected chi connectivity index (χ3v) is 5.65. The Labute approximate surface area is 143 Å². The molecule has 1 saturated carbocycles. The number of terminal acetylenes is 1. The first-order chi connectivity index (χ1) is 11.6. The summed E-state index contributed by atoms with van der Waals surface area (Å²) >= 11 is 0. The van der Waals surface area contributed by atoms with Crippen molar-refractivity contribution in [2.75, 3.05) is 6.54 Å². The summed E-state index contributed by atoms with van der Waals surface area (Å²) in [7, 11) is -4.29. The highest BCUT2D eigenvalue weighted by molar-refractivity contribution is 7.89. The molecule has 9 heteroatoms. The van der Waals surface area contributed by atoms with E-state index in [9.17, 15) is 26.4 Å². The number of hydrogen-bond acceptors (Lipinski definition) is 4. The summed E-state index contributed by atoms with van der Waals surface area (Å²) in [6, 6.07) is 2.11. The molecular weight excluding hydrogens is 357 g/mol. The predicted octanol–water partition coefficient (Wildman–Crippen LogP) is 2.33. The Morgan fingerprint density at radius 3 is 2.32 bits per heavy atom. The van der Waals surface area contributed by atoms with E-state index >= 15 is 0 Å². The lowest BCUT2D eigenvalue weighted by Gasteiger charge is -2.26. The lowest BCUT2D eigenvalue weighted by Crippen LogP contribution is -2.44. The molecule has 134 valence electrons. The fourth-order valence-electron chi connectivity index (χ4n) is 2.35. The van der Waals surface area contributed by atoms with Gasteiger partial charge in [0.2, 0.25) is 10.0 Å². The summed E-state index contributed by atoms with van der Waals surface area (Å²) < 4.78 is 64.3.